The molecule has 0 bridgehead atoms. The van der Waals surface area contributed by atoms with Gasteiger partial charge in [0, 0.05) is 0 Å². The molecule has 0 heterocycles. The van der Waals surface area contributed by atoms with E-state index in [-0.39, 0.29) is 0 Å². The molecule has 0 radical (unpaired) electrons. The van der Waals surface area contributed by atoms with E-state index in [2.05, 4.69) is 13.8 Å². The molecule has 0 rings (SSSR count). The van der Waals surface area contributed by atoms with Crippen LogP contribution in [0.4, 0.5) is 4.79 Å². The van der Waals surface area contributed by atoms with Crippen molar-refractivity contribution >= 4 is 6.16 Å². The van der Waals surface area contributed by atoms with E-state index in [1.54, 1.807) is 0 Å². The molecule has 0 aliphatic carbocycles. The standard InChI is InChI=1S/C26H52O3/c1-3-5-7-9-11-13-14-15-16-17-19-21-23-25-29-26(27)28-24-22-20-18-12-10-8-6-4-2/h3-25H2,1-2H3. The normalized spacial score (nSPS) is 11.0. The van der Waals surface area contributed by atoms with Gasteiger partial charge in [0.05, 0.1) is 13.2 Å². The Morgan fingerprint density at radius 3 is 0.931 bits per heavy atom. The maximum Gasteiger partial charge on any atom is 0.508 e. The highest BCUT2D eigenvalue weighted by molar-refractivity contribution is 5.59. The highest BCUT2D eigenvalue weighted by Gasteiger charge is 2.03. The highest BCUT2D eigenvalue weighted by Crippen LogP contribution is 2.12. The molecule has 29 heavy (non-hydrogen) atoms. The van der Waals surface area contributed by atoms with Gasteiger partial charge < -0.3 is 9.47 Å². The summed E-state index contributed by atoms with van der Waals surface area (Å²) < 4.78 is 10.3. The van der Waals surface area contributed by atoms with E-state index in [1.807, 2.05) is 0 Å². The van der Waals surface area contributed by atoms with Crippen molar-refractivity contribution in [2.75, 3.05) is 13.2 Å². The molecular formula is C26H52O3. The smallest absolute Gasteiger partial charge is 0.434 e. The maximum absolute atomic E-state index is 11.5. The van der Waals surface area contributed by atoms with Crippen LogP contribution in [0.1, 0.15) is 149 Å². The second-order valence-electron chi connectivity index (χ2n) is 8.66. The van der Waals surface area contributed by atoms with Crippen LogP contribution >= 0.6 is 0 Å². The number of carbonyl (C=O) groups excluding carboxylic acids is 1. The first-order chi connectivity index (χ1) is 14.3. The Morgan fingerprint density at radius 2 is 0.655 bits per heavy atom. The molecule has 0 spiro atoms. The first-order valence-corrected chi connectivity index (χ1v) is 13.1. The molecule has 174 valence electrons. The summed E-state index contributed by atoms with van der Waals surface area (Å²) in [6.07, 6.45) is 26.8. The van der Waals surface area contributed by atoms with Gasteiger partial charge in [-0.05, 0) is 12.8 Å². The monoisotopic (exact) mass is 412 g/mol. The molecule has 3 nitrogen and oxygen atoms in total. The van der Waals surface area contributed by atoms with E-state index in [0.29, 0.717) is 13.2 Å². The molecule has 0 N–H and O–H groups in total. The number of unbranched alkanes of at least 4 members (excludes halogenated alkanes) is 19. The van der Waals surface area contributed by atoms with Crippen LogP contribution in [-0.2, 0) is 9.47 Å². The van der Waals surface area contributed by atoms with E-state index >= 15 is 0 Å². The first kappa shape index (κ1) is 28.3. The molecule has 0 aliphatic rings. The van der Waals surface area contributed by atoms with Crippen LogP contribution in [0.25, 0.3) is 0 Å². The minimum absolute atomic E-state index is 0.480. The van der Waals surface area contributed by atoms with Crippen LogP contribution in [0.5, 0.6) is 0 Å². The van der Waals surface area contributed by atoms with Crippen molar-refractivity contribution in [1.29, 1.82) is 0 Å². The van der Waals surface area contributed by atoms with Crippen LogP contribution in [-0.4, -0.2) is 19.4 Å². The first-order valence-electron chi connectivity index (χ1n) is 13.1. The van der Waals surface area contributed by atoms with Gasteiger partial charge in [-0.2, -0.15) is 0 Å². The third-order valence-electron chi connectivity index (χ3n) is 5.69. The number of rotatable bonds is 23. The molecule has 0 aromatic rings. The zero-order valence-corrected chi connectivity index (χ0v) is 20.0. The molecular weight excluding hydrogens is 360 g/mol. The molecule has 0 amide bonds. The topological polar surface area (TPSA) is 35.5 Å². The number of hydrogen-bond donors (Lipinski definition) is 0. The van der Waals surface area contributed by atoms with Gasteiger partial charge >= 0.3 is 6.16 Å². The van der Waals surface area contributed by atoms with Crippen molar-refractivity contribution in [3.63, 3.8) is 0 Å². The molecule has 0 aliphatic heterocycles. The molecule has 0 saturated carbocycles. The van der Waals surface area contributed by atoms with E-state index in [0.717, 1.165) is 25.7 Å². The fourth-order valence-corrected chi connectivity index (χ4v) is 3.71. The van der Waals surface area contributed by atoms with Gasteiger partial charge in [0.15, 0.2) is 0 Å². The van der Waals surface area contributed by atoms with Gasteiger partial charge in [0.25, 0.3) is 0 Å². The fraction of sp³-hybridized carbons (Fsp3) is 0.962. The molecule has 0 atom stereocenters. The molecule has 0 fully saturated rings. The van der Waals surface area contributed by atoms with Crippen LogP contribution in [0.3, 0.4) is 0 Å². The predicted octanol–water partition coefficient (Wildman–Crippen LogP) is 9.37. The van der Waals surface area contributed by atoms with Gasteiger partial charge in [0.1, 0.15) is 0 Å². The molecule has 0 aromatic heterocycles. The quantitative estimate of drug-likeness (QED) is 0.124. The van der Waals surface area contributed by atoms with Crippen LogP contribution in [0.2, 0.25) is 0 Å². The molecule has 0 unspecified atom stereocenters. The Bertz CT molecular complexity index is 317. The van der Waals surface area contributed by atoms with Crippen molar-refractivity contribution in [2.45, 2.75) is 149 Å². The lowest BCUT2D eigenvalue weighted by molar-refractivity contribution is 0.0529. The average molecular weight is 413 g/mol. The lowest BCUT2D eigenvalue weighted by atomic mass is 10.0. The number of ether oxygens (including phenoxy) is 2. The highest BCUT2D eigenvalue weighted by atomic mass is 16.7. The minimum atomic E-state index is -0.480. The second-order valence-corrected chi connectivity index (χ2v) is 8.66. The average Bonchev–Trinajstić information content (AvgIpc) is 2.72. The van der Waals surface area contributed by atoms with E-state index in [1.165, 1.54) is 109 Å². The third kappa shape index (κ3) is 25.2. The zero-order valence-electron chi connectivity index (χ0n) is 20.0. The maximum atomic E-state index is 11.5. The van der Waals surface area contributed by atoms with Crippen molar-refractivity contribution in [1.82, 2.24) is 0 Å². The fourth-order valence-electron chi connectivity index (χ4n) is 3.71. The summed E-state index contributed by atoms with van der Waals surface area (Å²) in [5.41, 5.74) is 0. The van der Waals surface area contributed by atoms with Crippen molar-refractivity contribution in [3.05, 3.63) is 0 Å². The SMILES string of the molecule is CCCCCCCCCCCCCCCOC(=O)OCCCCCCCCCC. The van der Waals surface area contributed by atoms with Gasteiger partial charge in [-0.15, -0.1) is 0 Å². The van der Waals surface area contributed by atoms with Crippen molar-refractivity contribution in [2.24, 2.45) is 0 Å². The molecule has 3 heteroatoms. The second kappa shape index (κ2) is 25.3. The largest absolute Gasteiger partial charge is 0.508 e. The van der Waals surface area contributed by atoms with Crippen molar-refractivity contribution < 1.29 is 14.3 Å². The Kier molecular flexibility index (Phi) is 24.7. The van der Waals surface area contributed by atoms with Crippen LogP contribution in [0.15, 0.2) is 0 Å². The van der Waals surface area contributed by atoms with E-state index < -0.39 is 6.16 Å². The van der Waals surface area contributed by atoms with Gasteiger partial charge in [-0.1, -0.05) is 136 Å². The Hall–Kier alpha value is -0.730. The van der Waals surface area contributed by atoms with Crippen molar-refractivity contribution in [3.8, 4) is 0 Å². The minimum Gasteiger partial charge on any atom is -0.434 e. The van der Waals surface area contributed by atoms with Gasteiger partial charge in [0.2, 0.25) is 0 Å². The van der Waals surface area contributed by atoms with Gasteiger partial charge in [-0.25, -0.2) is 4.79 Å². The zero-order chi connectivity index (χ0) is 21.3. The number of hydrogen-bond acceptors (Lipinski definition) is 3. The van der Waals surface area contributed by atoms with E-state index in [9.17, 15) is 4.79 Å². The summed E-state index contributed by atoms with van der Waals surface area (Å²) >= 11 is 0. The summed E-state index contributed by atoms with van der Waals surface area (Å²) in [4.78, 5) is 11.5. The summed E-state index contributed by atoms with van der Waals surface area (Å²) in [5.74, 6) is 0. The summed E-state index contributed by atoms with van der Waals surface area (Å²) in [6, 6.07) is 0. The summed E-state index contributed by atoms with van der Waals surface area (Å²) in [5, 5.41) is 0. The summed E-state index contributed by atoms with van der Waals surface area (Å²) in [7, 11) is 0. The molecule has 0 saturated heterocycles. The predicted molar refractivity (Wildman–Crippen MR) is 126 cm³/mol. The van der Waals surface area contributed by atoms with E-state index in [4.69, 9.17) is 9.47 Å². The lowest BCUT2D eigenvalue weighted by Gasteiger charge is -2.06. The third-order valence-corrected chi connectivity index (χ3v) is 5.69. The number of carbonyl (C=O) groups is 1. The van der Waals surface area contributed by atoms with Crippen LogP contribution < -0.4 is 0 Å². The lowest BCUT2D eigenvalue weighted by Crippen LogP contribution is -2.09. The van der Waals surface area contributed by atoms with Gasteiger partial charge in [-0.3, -0.25) is 0 Å². The van der Waals surface area contributed by atoms with Crippen LogP contribution in [0, 0.1) is 0 Å². The Labute approximate surface area is 182 Å². The molecule has 0 aromatic carbocycles. The summed E-state index contributed by atoms with van der Waals surface area (Å²) in [6.45, 7) is 5.53. The Balaban J connectivity index is 3.13. The Morgan fingerprint density at radius 1 is 0.414 bits per heavy atom.